The summed E-state index contributed by atoms with van der Waals surface area (Å²) in [6.07, 6.45) is 7.82. The Bertz CT molecular complexity index is 3060. The molecule has 9 aromatic rings. The van der Waals surface area contributed by atoms with Gasteiger partial charge in [-0.3, -0.25) is 0 Å². The first-order chi connectivity index (χ1) is 32.6. The molecule has 12 rings (SSSR count). The lowest BCUT2D eigenvalue weighted by atomic mass is 9.65. The maximum absolute atomic E-state index is 6.58. The first kappa shape index (κ1) is 43.7. The number of para-hydroxylation sites is 2. The van der Waals surface area contributed by atoms with E-state index in [9.17, 15) is 0 Å². The van der Waals surface area contributed by atoms with Gasteiger partial charge in [-0.15, -0.1) is 0 Å². The first-order valence-corrected chi connectivity index (χ1v) is 23.4. The minimum absolute atomic E-state index is 0.465. The lowest BCUT2D eigenvalue weighted by Gasteiger charge is -2.39. The average molecular weight is 856 g/mol. The number of rotatable bonds is 5. The van der Waals surface area contributed by atoms with Crippen LogP contribution >= 0.6 is 0 Å². The Hall–Kier alpha value is -7.52. The molecular weight excluding hydrogens is 799 g/mol. The molecular formula is C64H57NO. The first-order valence-electron chi connectivity index (χ1n) is 23.4. The molecule has 324 valence electrons. The molecule has 2 aliphatic carbocycles. The summed E-state index contributed by atoms with van der Waals surface area (Å²) >= 11 is 0. The highest BCUT2D eigenvalue weighted by molar-refractivity contribution is 5.92. The Labute approximate surface area is 391 Å². The molecule has 0 saturated heterocycles. The molecule has 0 amide bonds. The van der Waals surface area contributed by atoms with Crippen LogP contribution in [0.4, 0.5) is 0 Å². The van der Waals surface area contributed by atoms with Crippen LogP contribution in [0, 0.1) is 6.92 Å². The number of nitrogens with two attached hydrogens (primary N) is 1. The van der Waals surface area contributed by atoms with Crippen molar-refractivity contribution in [3.05, 3.63) is 268 Å². The van der Waals surface area contributed by atoms with Crippen molar-refractivity contribution in [2.45, 2.75) is 45.4 Å². The van der Waals surface area contributed by atoms with Crippen LogP contribution < -0.4 is 10.5 Å². The van der Waals surface area contributed by atoms with Gasteiger partial charge < -0.3 is 10.5 Å². The fraction of sp³-hybridized carbons (Fsp3) is 0.125. The summed E-state index contributed by atoms with van der Waals surface area (Å²) in [5, 5.41) is 0. The molecule has 0 unspecified atom stereocenters. The van der Waals surface area contributed by atoms with Gasteiger partial charge in [0.05, 0.1) is 5.41 Å². The van der Waals surface area contributed by atoms with Gasteiger partial charge in [0.1, 0.15) is 11.5 Å². The van der Waals surface area contributed by atoms with Gasteiger partial charge in [-0.2, -0.15) is 0 Å². The number of hydrogen-bond acceptors (Lipinski definition) is 2. The molecule has 2 nitrogen and oxygen atoms in total. The number of ether oxygens (including phenoxy) is 1. The summed E-state index contributed by atoms with van der Waals surface area (Å²) in [5.41, 5.74) is 25.9. The molecule has 0 saturated carbocycles. The summed E-state index contributed by atoms with van der Waals surface area (Å²) in [7, 11) is 1.50. The molecule has 1 heterocycles. The van der Waals surface area contributed by atoms with E-state index in [1.165, 1.54) is 102 Å². The molecule has 0 bridgehead atoms. The SMILES string of the molecule is CC.CN.Cc1cccc(-c2cccc(-c3cccc(-c4ccc5c(c4)-c4cc6c(cc4C54c5ccccc5Oc5ccccc54)C=CCC6)c3)c2)c1.c1ccc(Cc2ccccc2)cc1. The third-order valence-electron chi connectivity index (χ3n) is 12.9. The Morgan fingerprint density at radius 2 is 0.924 bits per heavy atom. The topological polar surface area (TPSA) is 35.2 Å². The molecule has 1 spiro atoms. The molecule has 0 atom stereocenters. The third-order valence-corrected chi connectivity index (χ3v) is 12.9. The van der Waals surface area contributed by atoms with E-state index in [0.717, 1.165) is 30.8 Å². The highest BCUT2D eigenvalue weighted by Gasteiger charge is 2.51. The van der Waals surface area contributed by atoms with Crippen LogP contribution in [0.2, 0.25) is 0 Å². The van der Waals surface area contributed by atoms with Gasteiger partial charge >= 0.3 is 0 Å². The van der Waals surface area contributed by atoms with E-state index in [0.29, 0.717) is 0 Å². The van der Waals surface area contributed by atoms with Crippen LogP contribution in [0.1, 0.15) is 70.3 Å². The number of hydrogen-bond donors (Lipinski definition) is 1. The summed E-state index contributed by atoms with van der Waals surface area (Å²) in [6.45, 7) is 6.15. The fourth-order valence-electron chi connectivity index (χ4n) is 10.0. The highest BCUT2D eigenvalue weighted by atomic mass is 16.5. The lowest BCUT2D eigenvalue weighted by Crippen LogP contribution is -2.32. The highest BCUT2D eigenvalue weighted by Crippen LogP contribution is 2.62. The summed E-state index contributed by atoms with van der Waals surface area (Å²) in [6, 6.07) is 77.1. The second-order valence-corrected chi connectivity index (χ2v) is 16.8. The van der Waals surface area contributed by atoms with Crippen molar-refractivity contribution in [3.8, 4) is 56.0 Å². The van der Waals surface area contributed by atoms with Crippen molar-refractivity contribution < 1.29 is 4.74 Å². The van der Waals surface area contributed by atoms with Crippen LogP contribution in [0.15, 0.2) is 218 Å². The Morgan fingerprint density at radius 1 is 0.439 bits per heavy atom. The minimum Gasteiger partial charge on any atom is -0.457 e. The van der Waals surface area contributed by atoms with E-state index in [-0.39, 0.29) is 0 Å². The minimum atomic E-state index is -0.465. The molecule has 0 aromatic heterocycles. The third kappa shape index (κ3) is 8.33. The lowest BCUT2D eigenvalue weighted by molar-refractivity contribution is 0.436. The maximum Gasteiger partial charge on any atom is 0.132 e. The van der Waals surface area contributed by atoms with Gasteiger partial charge in [-0.25, -0.2) is 0 Å². The van der Waals surface area contributed by atoms with Crippen LogP contribution in [0.25, 0.3) is 50.6 Å². The van der Waals surface area contributed by atoms with Gasteiger partial charge in [0, 0.05) is 11.1 Å². The van der Waals surface area contributed by atoms with Crippen LogP contribution in [0.5, 0.6) is 11.5 Å². The predicted molar refractivity (Wildman–Crippen MR) is 279 cm³/mol. The van der Waals surface area contributed by atoms with Crippen LogP contribution in [0.3, 0.4) is 0 Å². The van der Waals surface area contributed by atoms with Crippen molar-refractivity contribution in [1.82, 2.24) is 0 Å². The number of benzene rings is 9. The van der Waals surface area contributed by atoms with Crippen molar-refractivity contribution >= 4 is 6.08 Å². The summed E-state index contributed by atoms with van der Waals surface area (Å²) in [4.78, 5) is 0. The zero-order valence-corrected chi connectivity index (χ0v) is 38.5. The van der Waals surface area contributed by atoms with Crippen LogP contribution in [-0.2, 0) is 18.3 Å². The zero-order valence-electron chi connectivity index (χ0n) is 38.5. The fourth-order valence-corrected chi connectivity index (χ4v) is 10.0. The maximum atomic E-state index is 6.58. The average Bonchev–Trinajstić information content (AvgIpc) is 3.66. The molecule has 0 radical (unpaired) electrons. The Kier molecular flexibility index (Phi) is 13.0. The quantitative estimate of drug-likeness (QED) is 0.187. The van der Waals surface area contributed by atoms with E-state index in [2.05, 4.69) is 237 Å². The van der Waals surface area contributed by atoms with Crippen molar-refractivity contribution in [2.75, 3.05) is 7.05 Å². The summed E-state index contributed by atoms with van der Waals surface area (Å²) < 4.78 is 6.58. The smallest absolute Gasteiger partial charge is 0.132 e. The second kappa shape index (κ2) is 19.7. The number of fused-ring (bicyclic) bond motifs is 10. The standard InChI is InChI=1S/C48H34O.C13H12.C2H6.CH5N/c1-31-11-8-14-32(25-31)33-15-9-16-34(26-33)35-17-10-18-36(27-35)39-23-24-42-40(29-39)41-28-37-12-2-3-13-38(37)30-45(41)48(42)43-19-4-6-21-46(43)49-47-22-7-5-20-44(47)48;1-3-7-12(8-4-1)11-13-9-5-2-6-10-13;2*1-2/h3-11,13-30H,2,12H2,1H3;1-10H,11H2;1-2H3;2H2,1H3. The van der Waals surface area contributed by atoms with E-state index < -0.39 is 5.41 Å². The van der Waals surface area contributed by atoms with Gasteiger partial charge in [0.25, 0.3) is 0 Å². The van der Waals surface area contributed by atoms with Crippen LogP contribution in [-0.4, -0.2) is 7.05 Å². The molecule has 66 heavy (non-hydrogen) atoms. The molecule has 0 fully saturated rings. The van der Waals surface area contributed by atoms with Gasteiger partial charge in [0.15, 0.2) is 0 Å². The van der Waals surface area contributed by atoms with Crippen molar-refractivity contribution in [2.24, 2.45) is 5.73 Å². The van der Waals surface area contributed by atoms with E-state index in [4.69, 9.17) is 4.74 Å². The van der Waals surface area contributed by atoms with Gasteiger partial charge in [0.2, 0.25) is 0 Å². The van der Waals surface area contributed by atoms with Gasteiger partial charge in [-0.05, 0) is 148 Å². The molecule has 3 aliphatic rings. The zero-order chi connectivity index (χ0) is 45.5. The summed E-state index contributed by atoms with van der Waals surface area (Å²) in [5.74, 6) is 1.86. The normalized spacial score (nSPS) is 12.7. The molecule has 1 aliphatic heterocycles. The Morgan fingerprint density at radius 3 is 1.48 bits per heavy atom. The van der Waals surface area contributed by atoms with E-state index >= 15 is 0 Å². The van der Waals surface area contributed by atoms with Crippen molar-refractivity contribution in [3.63, 3.8) is 0 Å². The Balaban J connectivity index is 0.000000274. The monoisotopic (exact) mass is 855 g/mol. The molecule has 2 heteroatoms. The second-order valence-electron chi connectivity index (χ2n) is 16.8. The molecule has 2 N–H and O–H groups in total. The van der Waals surface area contributed by atoms with E-state index in [1.54, 1.807) is 0 Å². The largest absolute Gasteiger partial charge is 0.457 e. The van der Waals surface area contributed by atoms with Crippen molar-refractivity contribution in [1.29, 1.82) is 0 Å². The predicted octanol–water partition coefficient (Wildman–Crippen LogP) is 16.3. The number of aryl methyl sites for hydroxylation is 2. The number of allylic oxidation sites excluding steroid dienone is 1. The molecule has 9 aromatic carbocycles. The van der Waals surface area contributed by atoms with Gasteiger partial charge in [-0.1, -0.05) is 207 Å². The van der Waals surface area contributed by atoms with E-state index in [1.807, 2.05) is 13.8 Å².